The van der Waals surface area contributed by atoms with Crippen LogP contribution in [0.4, 0.5) is 0 Å². The zero-order chi connectivity index (χ0) is 11.1. The number of hydrogen-bond acceptors (Lipinski definition) is 2. The number of alkyl halides is 1. The van der Waals surface area contributed by atoms with Crippen molar-refractivity contribution in [2.24, 2.45) is 0 Å². The molecule has 0 saturated heterocycles. The van der Waals surface area contributed by atoms with Gasteiger partial charge in [0.2, 0.25) is 0 Å². The smallest absolute Gasteiger partial charge is 0.118 e. The van der Waals surface area contributed by atoms with E-state index in [2.05, 4.69) is 19.1 Å². The highest BCUT2D eigenvalue weighted by atomic mass is 35.5. The van der Waals surface area contributed by atoms with Crippen LogP contribution in [0.3, 0.4) is 0 Å². The third-order valence-electron chi connectivity index (χ3n) is 2.16. The first kappa shape index (κ1) is 12.3. The predicted octanol–water partition coefficient (Wildman–Crippen LogP) is 2.88. The Morgan fingerprint density at radius 3 is 2.47 bits per heavy atom. The summed E-state index contributed by atoms with van der Waals surface area (Å²) in [5, 5.41) is 0. The second kappa shape index (κ2) is 6.70. The van der Waals surface area contributed by atoms with Gasteiger partial charge in [-0.2, -0.15) is 0 Å². The van der Waals surface area contributed by atoms with Crippen LogP contribution in [0.2, 0.25) is 0 Å². The summed E-state index contributed by atoms with van der Waals surface area (Å²) in [6.07, 6.45) is 1.11. The first-order valence-electron chi connectivity index (χ1n) is 5.06. The van der Waals surface area contributed by atoms with E-state index in [4.69, 9.17) is 21.1 Å². The highest BCUT2D eigenvalue weighted by Crippen LogP contribution is 2.13. The maximum Gasteiger partial charge on any atom is 0.118 e. The van der Waals surface area contributed by atoms with Crippen molar-refractivity contribution in [3.8, 4) is 5.75 Å². The Morgan fingerprint density at radius 1 is 1.27 bits per heavy atom. The van der Waals surface area contributed by atoms with Crippen LogP contribution >= 0.6 is 11.6 Å². The molecule has 0 radical (unpaired) electrons. The van der Waals surface area contributed by atoms with Crippen LogP contribution < -0.4 is 4.74 Å². The molecule has 3 heteroatoms. The molecule has 15 heavy (non-hydrogen) atoms. The zero-order valence-electron chi connectivity index (χ0n) is 9.20. The van der Waals surface area contributed by atoms with Crippen molar-refractivity contribution < 1.29 is 9.47 Å². The van der Waals surface area contributed by atoms with Crippen molar-refractivity contribution in [3.63, 3.8) is 0 Å². The van der Waals surface area contributed by atoms with Gasteiger partial charge in [-0.15, -0.1) is 11.6 Å². The van der Waals surface area contributed by atoms with Gasteiger partial charge in [-0.3, -0.25) is 0 Å². The van der Waals surface area contributed by atoms with E-state index in [9.17, 15) is 0 Å². The van der Waals surface area contributed by atoms with E-state index in [1.165, 1.54) is 5.56 Å². The van der Waals surface area contributed by atoms with Gasteiger partial charge in [0.15, 0.2) is 0 Å². The van der Waals surface area contributed by atoms with Crippen molar-refractivity contribution >= 4 is 11.6 Å². The van der Waals surface area contributed by atoms with E-state index >= 15 is 0 Å². The Bertz CT molecular complexity index is 271. The first-order valence-corrected chi connectivity index (χ1v) is 5.60. The third kappa shape index (κ3) is 4.54. The molecule has 0 aliphatic carbocycles. The molecule has 1 aromatic rings. The molecular formula is C12H17ClO2. The average Bonchev–Trinajstić information content (AvgIpc) is 2.27. The SMILES string of the molecule is COc1ccc(CC(C)OCCCl)cc1. The van der Waals surface area contributed by atoms with E-state index in [-0.39, 0.29) is 6.10 Å². The van der Waals surface area contributed by atoms with E-state index in [1.807, 2.05) is 12.1 Å². The number of methoxy groups -OCH3 is 1. The quantitative estimate of drug-likeness (QED) is 0.698. The predicted molar refractivity (Wildman–Crippen MR) is 62.8 cm³/mol. The second-order valence-corrected chi connectivity index (χ2v) is 3.80. The Balaban J connectivity index is 2.42. The number of benzene rings is 1. The fraction of sp³-hybridized carbons (Fsp3) is 0.500. The molecule has 0 aliphatic rings. The summed E-state index contributed by atoms with van der Waals surface area (Å²) < 4.78 is 10.6. The van der Waals surface area contributed by atoms with Crippen LogP contribution in [0.15, 0.2) is 24.3 Å². The van der Waals surface area contributed by atoms with E-state index in [0.717, 1.165) is 12.2 Å². The third-order valence-corrected chi connectivity index (χ3v) is 2.32. The van der Waals surface area contributed by atoms with Gasteiger partial charge >= 0.3 is 0 Å². The lowest BCUT2D eigenvalue weighted by atomic mass is 10.1. The van der Waals surface area contributed by atoms with Gasteiger partial charge in [0.25, 0.3) is 0 Å². The molecule has 0 amide bonds. The average molecular weight is 229 g/mol. The highest BCUT2D eigenvalue weighted by molar-refractivity contribution is 6.17. The molecule has 0 N–H and O–H groups in total. The van der Waals surface area contributed by atoms with E-state index in [0.29, 0.717) is 12.5 Å². The molecule has 0 heterocycles. The Morgan fingerprint density at radius 2 is 1.93 bits per heavy atom. The lowest BCUT2D eigenvalue weighted by Crippen LogP contribution is -2.13. The maximum atomic E-state index is 5.55. The summed E-state index contributed by atoms with van der Waals surface area (Å²) >= 11 is 5.55. The summed E-state index contributed by atoms with van der Waals surface area (Å²) in [4.78, 5) is 0. The summed E-state index contributed by atoms with van der Waals surface area (Å²) in [6, 6.07) is 8.03. The fourth-order valence-corrected chi connectivity index (χ4v) is 1.49. The van der Waals surface area contributed by atoms with Crippen molar-refractivity contribution in [3.05, 3.63) is 29.8 Å². The van der Waals surface area contributed by atoms with Gasteiger partial charge in [0, 0.05) is 5.88 Å². The monoisotopic (exact) mass is 228 g/mol. The van der Waals surface area contributed by atoms with Crippen LogP contribution in [-0.2, 0) is 11.2 Å². The highest BCUT2D eigenvalue weighted by Gasteiger charge is 2.03. The number of rotatable bonds is 6. The summed E-state index contributed by atoms with van der Waals surface area (Å²) in [5.74, 6) is 1.43. The standard InChI is InChI=1S/C12H17ClO2/c1-10(15-8-7-13)9-11-3-5-12(14-2)6-4-11/h3-6,10H,7-9H2,1-2H3. The van der Waals surface area contributed by atoms with E-state index in [1.54, 1.807) is 7.11 Å². The molecule has 1 aromatic carbocycles. The summed E-state index contributed by atoms with van der Waals surface area (Å²) in [6.45, 7) is 2.66. The van der Waals surface area contributed by atoms with Crippen LogP contribution in [0.25, 0.3) is 0 Å². The topological polar surface area (TPSA) is 18.5 Å². The molecule has 0 bridgehead atoms. The minimum atomic E-state index is 0.206. The van der Waals surface area contributed by atoms with Gasteiger partial charge in [0.05, 0.1) is 19.8 Å². The van der Waals surface area contributed by atoms with Gasteiger partial charge in [-0.1, -0.05) is 12.1 Å². The second-order valence-electron chi connectivity index (χ2n) is 3.42. The Kier molecular flexibility index (Phi) is 5.51. The molecule has 1 atom stereocenters. The minimum Gasteiger partial charge on any atom is -0.497 e. The number of halogens is 1. The molecule has 0 aromatic heterocycles. The van der Waals surface area contributed by atoms with Crippen LogP contribution in [-0.4, -0.2) is 25.7 Å². The lowest BCUT2D eigenvalue weighted by Gasteiger charge is -2.12. The summed E-state index contributed by atoms with van der Waals surface area (Å²) in [7, 11) is 1.67. The maximum absolute atomic E-state index is 5.55. The van der Waals surface area contributed by atoms with Crippen LogP contribution in [0.1, 0.15) is 12.5 Å². The lowest BCUT2D eigenvalue weighted by molar-refractivity contribution is 0.0782. The van der Waals surface area contributed by atoms with Crippen molar-refractivity contribution in [2.45, 2.75) is 19.4 Å². The number of ether oxygens (including phenoxy) is 2. The molecule has 0 aliphatic heterocycles. The van der Waals surface area contributed by atoms with Gasteiger partial charge in [-0.05, 0) is 31.0 Å². The van der Waals surface area contributed by atoms with Gasteiger partial charge in [0.1, 0.15) is 5.75 Å². The Hall–Kier alpha value is -0.730. The van der Waals surface area contributed by atoms with Crippen molar-refractivity contribution in [1.29, 1.82) is 0 Å². The Labute approximate surface area is 96.2 Å². The molecule has 0 saturated carbocycles. The van der Waals surface area contributed by atoms with E-state index < -0.39 is 0 Å². The summed E-state index contributed by atoms with van der Waals surface area (Å²) in [5.41, 5.74) is 1.25. The molecule has 84 valence electrons. The van der Waals surface area contributed by atoms with Gasteiger partial charge < -0.3 is 9.47 Å². The zero-order valence-corrected chi connectivity index (χ0v) is 9.96. The molecular weight excluding hydrogens is 212 g/mol. The van der Waals surface area contributed by atoms with Crippen molar-refractivity contribution in [1.82, 2.24) is 0 Å². The fourth-order valence-electron chi connectivity index (χ4n) is 1.40. The van der Waals surface area contributed by atoms with Crippen molar-refractivity contribution in [2.75, 3.05) is 19.6 Å². The molecule has 0 spiro atoms. The minimum absolute atomic E-state index is 0.206. The molecule has 2 nitrogen and oxygen atoms in total. The van der Waals surface area contributed by atoms with Gasteiger partial charge in [-0.25, -0.2) is 0 Å². The molecule has 0 fully saturated rings. The van der Waals surface area contributed by atoms with Crippen LogP contribution in [0, 0.1) is 0 Å². The first-order chi connectivity index (χ1) is 7.26. The van der Waals surface area contributed by atoms with Crippen LogP contribution in [0.5, 0.6) is 5.75 Å². The number of hydrogen-bond donors (Lipinski definition) is 0. The normalized spacial score (nSPS) is 12.5. The largest absolute Gasteiger partial charge is 0.497 e. The molecule has 1 rings (SSSR count). The molecule has 1 unspecified atom stereocenters.